The molecule has 3 aromatic rings. The number of aromatic amines is 1. The lowest BCUT2D eigenvalue weighted by atomic mass is 10.1. The topological polar surface area (TPSA) is 88.7 Å². The highest BCUT2D eigenvalue weighted by Crippen LogP contribution is 2.22. The quantitative estimate of drug-likeness (QED) is 0.412. The Bertz CT molecular complexity index is 1130. The van der Waals surface area contributed by atoms with Gasteiger partial charge in [-0.05, 0) is 48.2 Å². The fourth-order valence-electron chi connectivity index (χ4n) is 4.23. The van der Waals surface area contributed by atoms with Crippen LogP contribution in [0.4, 0.5) is 5.69 Å². The van der Waals surface area contributed by atoms with Crippen molar-refractivity contribution in [2.45, 2.75) is 32.0 Å². The van der Waals surface area contributed by atoms with Gasteiger partial charge in [0.1, 0.15) is 5.82 Å². The van der Waals surface area contributed by atoms with Crippen LogP contribution in [0.2, 0.25) is 0 Å². The zero-order valence-corrected chi connectivity index (χ0v) is 19.2. The molecule has 0 bridgehead atoms. The molecule has 2 aromatic carbocycles. The maximum absolute atomic E-state index is 12.0. The molecule has 5 rings (SSSR count). The minimum Gasteiger partial charge on any atom is -0.378 e. The van der Waals surface area contributed by atoms with Crippen LogP contribution in [-0.2, 0) is 25.5 Å². The van der Waals surface area contributed by atoms with Crippen molar-refractivity contribution in [1.82, 2.24) is 15.4 Å². The van der Waals surface area contributed by atoms with E-state index in [1.165, 1.54) is 11.8 Å². The normalized spacial score (nSPS) is 19.1. The molecule has 1 amide bonds. The molecular formula is C26H30N4O4. The highest BCUT2D eigenvalue weighted by Gasteiger charge is 2.15. The number of morpholine rings is 1. The van der Waals surface area contributed by atoms with Gasteiger partial charge in [0.05, 0.1) is 24.2 Å². The number of rotatable bonds is 7. The molecule has 2 aliphatic rings. The van der Waals surface area contributed by atoms with E-state index in [1.54, 1.807) is 6.08 Å². The second-order valence-corrected chi connectivity index (χ2v) is 8.62. The van der Waals surface area contributed by atoms with Crippen molar-refractivity contribution in [3.05, 3.63) is 65.5 Å². The number of H-pyrrole nitrogens is 1. The first-order valence-corrected chi connectivity index (χ1v) is 11.9. The number of amides is 1. The number of carbonyl (C=O) groups excluding carboxylic acids is 1. The largest absolute Gasteiger partial charge is 0.378 e. The molecule has 8 nitrogen and oxygen atoms in total. The number of nitrogens with zero attached hydrogens (tertiary/aromatic N) is 2. The van der Waals surface area contributed by atoms with E-state index in [2.05, 4.69) is 45.7 Å². The number of hydroxylamine groups is 1. The first-order chi connectivity index (χ1) is 16.7. The molecule has 0 spiro atoms. The molecule has 2 N–H and O–H groups in total. The number of anilines is 1. The molecule has 0 aliphatic carbocycles. The number of benzene rings is 2. The summed E-state index contributed by atoms with van der Waals surface area (Å²) in [7, 11) is 0. The van der Waals surface area contributed by atoms with E-state index < -0.39 is 0 Å². The summed E-state index contributed by atoms with van der Waals surface area (Å²) < 4.78 is 10.9. The summed E-state index contributed by atoms with van der Waals surface area (Å²) in [5, 5.41) is 0. The molecule has 0 saturated carbocycles. The lowest BCUT2D eigenvalue weighted by molar-refractivity contribution is -0.198. The van der Waals surface area contributed by atoms with Gasteiger partial charge in [-0.15, -0.1) is 0 Å². The molecule has 2 saturated heterocycles. The predicted octanol–water partition coefficient (Wildman–Crippen LogP) is 3.58. The Morgan fingerprint density at radius 1 is 1.15 bits per heavy atom. The molecule has 2 aliphatic heterocycles. The van der Waals surface area contributed by atoms with Crippen LogP contribution < -0.4 is 10.4 Å². The number of aromatic nitrogens is 2. The third kappa shape index (κ3) is 5.83. The van der Waals surface area contributed by atoms with Crippen molar-refractivity contribution in [2.75, 3.05) is 37.8 Å². The summed E-state index contributed by atoms with van der Waals surface area (Å²) in [6.07, 6.45) is 6.46. The predicted molar refractivity (Wildman–Crippen MR) is 130 cm³/mol. The highest BCUT2D eigenvalue weighted by atomic mass is 16.8. The van der Waals surface area contributed by atoms with Crippen molar-refractivity contribution < 1.29 is 19.1 Å². The molecule has 2 fully saturated rings. The van der Waals surface area contributed by atoms with Gasteiger partial charge < -0.3 is 19.4 Å². The van der Waals surface area contributed by atoms with Crippen LogP contribution in [0.5, 0.6) is 0 Å². The fourth-order valence-corrected chi connectivity index (χ4v) is 4.23. The second kappa shape index (κ2) is 10.8. The SMILES string of the molecule is O=C(/C=C/c1ccc(Cc2nc3ccc(N4CCOCC4)cc3[nH]2)cc1)NOC1CCCCO1. The maximum Gasteiger partial charge on any atom is 0.267 e. The van der Waals surface area contributed by atoms with Gasteiger partial charge in [0, 0.05) is 44.3 Å². The molecular weight excluding hydrogens is 432 g/mol. The standard InChI is InChI=1S/C26H30N4O4/c31-25(29-34-26-3-1-2-14-33-26)11-8-19-4-6-20(7-5-19)17-24-27-22-10-9-21(18-23(22)28-24)30-12-15-32-16-13-30/h4-11,18,26H,1-3,12-17H2,(H,27,28)(H,29,31)/b11-8+. The van der Waals surface area contributed by atoms with E-state index in [9.17, 15) is 4.79 Å². The molecule has 0 radical (unpaired) electrons. The number of hydrogen-bond acceptors (Lipinski definition) is 6. The second-order valence-electron chi connectivity index (χ2n) is 8.62. The average molecular weight is 463 g/mol. The number of imidazole rings is 1. The van der Waals surface area contributed by atoms with Crippen LogP contribution in [0.15, 0.2) is 48.5 Å². The molecule has 8 heteroatoms. The third-order valence-corrected chi connectivity index (χ3v) is 6.10. The van der Waals surface area contributed by atoms with Crippen molar-refractivity contribution in [3.8, 4) is 0 Å². The van der Waals surface area contributed by atoms with E-state index in [-0.39, 0.29) is 12.2 Å². The molecule has 3 heterocycles. The fraction of sp³-hybridized carbons (Fsp3) is 0.385. The summed E-state index contributed by atoms with van der Waals surface area (Å²) in [6, 6.07) is 14.4. The minimum atomic E-state index is -0.352. The first-order valence-electron chi connectivity index (χ1n) is 11.9. The van der Waals surface area contributed by atoms with Crippen molar-refractivity contribution >= 4 is 28.7 Å². The summed E-state index contributed by atoms with van der Waals surface area (Å²) >= 11 is 0. The lowest BCUT2D eigenvalue weighted by Crippen LogP contribution is -2.36. The van der Waals surface area contributed by atoms with Gasteiger partial charge >= 0.3 is 0 Å². The highest BCUT2D eigenvalue weighted by molar-refractivity contribution is 5.90. The van der Waals surface area contributed by atoms with Crippen LogP contribution in [0.1, 0.15) is 36.2 Å². The van der Waals surface area contributed by atoms with Gasteiger partial charge in [-0.25, -0.2) is 15.3 Å². The van der Waals surface area contributed by atoms with Crippen molar-refractivity contribution in [2.24, 2.45) is 0 Å². The Morgan fingerprint density at radius 3 is 2.79 bits per heavy atom. The van der Waals surface area contributed by atoms with Gasteiger partial charge in [0.2, 0.25) is 0 Å². The number of nitrogens with one attached hydrogen (secondary N) is 2. The zero-order valence-electron chi connectivity index (χ0n) is 19.2. The van der Waals surface area contributed by atoms with Crippen LogP contribution in [-0.4, -0.2) is 55.1 Å². The lowest BCUT2D eigenvalue weighted by Gasteiger charge is -2.28. The number of ether oxygens (including phenoxy) is 2. The van der Waals surface area contributed by atoms with Crippen LogP contribution in [0.3, 0.4) is 0 Å². The van der Waals surface area contributed by atoms with Crippen molar-refractivity contribution in [1.29, 1.82) is 0 Å². The van der Waals surface area contributed by atoms with Crippen LogP contribution >= 0.6 is 0 Å². The Hall–Kier alpha value is -3.20. The average Bonchev–Trinajstić information content (AvgIpc) is 3.29. The summed E-state index contributed by atoms with van der Waals surface area (Å²) in [5.41, 5.74) is 7.73. The maximum atomic E-state index is 12.0. The third-order valence-electron chi connectivity index (χ3n) is 6.10. The van der Waals surface area contributed by atoms with Crippen molar-refractivity contribution in [3.63, 3.8) is 0 Å². The number of carbonyl (C=O) groups is 1. The van der Waals surface area contributed by atoms with Gasteiger partial charge in [-0.3, -0.25) is 4.79 Å². The molecule has 1 aromatic heterocycles. The summed E-state index contributed by atoms with van der Waals surface area (Å²) in [4.78, 5) is 27.8. The first kappa shape index (κ1) is 22.6. The van der Waals surface area contributed by atoms with Crippen LogP contribution in [0, 0.1) is 0 Å². The summed E-state index contributed by atoms with van der Waals surface area (Å²) in [5.74, 6) is 0.621. The van der Waals surface area contributed by atoms with E-state index in [1.807, 2.05) is 12.1 Å². The van der Waals surface area contributed by atoms with Crippen LogP contribution in [0.25, 0.3) is 17.1 Å². The monoisotopic (exact) mass is 462 g/mol. The minimum absolute atomic E-state index is 0.308. The van der Waals surface area contributed by atoms with E-state index in [0.717, 1.165) is 73.6 Å². The van der Waals surface area contributed by atoms with Gasteiger partial charge in [-0.1, -0.05) is 24.3 Å². The molecule has 1 unspecified atom stereocenters. The molecule has 178 valence electrons. The molecule has 34 heavy (non-hydrogen) atoms. The Balaban J connectivity index is 1.16. The Kier molecular flexibility index (Phi) is 7.19. The Morgan fingerprint density at radius 2 is 2.00 bits per heavy atom. The van der Waals surface area contributed by atoms with Gasteiger partial charge in [0.15, 0.2) is 6.29 Å². The van der Waals surface area contributed by atoms with E-state index in [0.29, 0.717) is 13.0 Å². The van der Waals surface area contributed by atoms with E-state index in [4.69, 9.17) is 19.3 Å². The van der Waals surface area contributed by atoms with Gasteiger partial charge in [-0.2, -0.15) is 0 Å². The zero-order chi connectivity index (χ0) is 23.2. The number of hydrogen-bond donors (Lipinski definition) is 2. The molecule has 1 atom stereocenters. The number of fused-ring (bicyclic) bond motifs is 1. The Labute approximate surface area is 198 Å². The smallest absolute Gasteiger partial charge is 0.267 e. The van der Waals surface area contributed by atoms with E-state index >= 15 is 0 Å². The van der Waals surface area contributed by atoms with Gasteiger partial charge in [0.25, 0.3) is 5.91 Å². The summed E-state index contributed by atoms with van der Waals surface area (Å²) in [6.45, 7) is 4.04.